The first-order valence-corrected chi connectivity index (χ1v) is 13.1. The maximum absolute atomic E-state index is 13.5. The summed E-state index contributed by atoms with van der Waals surface area (Å²) in [4.78, 5) is 25.7. The number of carbonyl (C=O) groups excluding carboxylic acids is 1. The van der Waals surface area contributed by atoms with Crippen molar-refractivity contribution in [3.8, 4) is 0 Å². The van der Waals surface area contributed by atoms with Crippen LogP contribution < -0.4 is 16.0 Å². The zero-order valence-electron chi connectivity index (χ0n) is 22.4. The number of aromatic amines is 1. The number of hydrogen-bond donors (Lipinski definition) is 4. The molecule has 0 unspecified atom stereocenters. The Balaban J connectivity index is 1.33. The molecule has 2 aromatic heterocycles. The molecule has 1 amide bonds. The Morgan fingerprint density at radius 3 is 2.60 bits per heavy atom. The van der Waals surface area contributed by atoms with E-state index < -0.39 is 11.7 Å². The van der Waals surface area contributed by atoms with Crippen LogP contribution in [0.5, 0.6) is 0 Å². The van der Waals surface area contributed by atoms with Gasteiger partial charge in [-0.1, -0.05) is 12.1 Å². The standard InChI is InChI=1S/C29H32F3N7O/c1-19-6-7-22(36-21-5-3-4-20(16-21)29(30,31)32)17-25(19)37-28(40)24-18-35-27-23(8-9-34-27)26(24)33-10-11-39-14-12-38(2)13-15-39/h3-9,16-18,36H,10-15H2,1-2H3,(H,37,40)(H2,33,34,35). The predicted molar refractivity (Wildman–Crippen MR) is 152 cm³/mol. The molecule has 1 aliphatic heterocycles. The summed E-state index contributed by atoms with van der Waals surface area (Å²) in [7, 11) is 2.12. The van der Waals surface area contributed by atoms with E-state index in [0.717, 1.165) is 55.8 Å². The van der Waals surface area contributed by atoms with Gasteiger partial charge in [0.25, 0.3) is 5.91 Å². The van der Waals surface area contributed by atoms with Crippen LogP contribution in [0.15, 0.2) is 60.9 Å². The first kappa shape index (κ1) is 27.5. The number of anilines is 4. The van der Waals surface area contributed by atoms with Crippen molar-refractivity contribution in [2.45, 2.75) is 13.1 Å². The molecule has 0 spiro atoms. The second-order valence-corrected chi connectivity index (χ2v) is 10.0. The monoisotopic (exact) mass is 551 g/mol. The fourth-order valence-electron chi connectivity index (χ4n) is 4.75. The lowest BCUT2D eigenvalue weighted by Crippen LogP contribution is -2.45. The highest BCUT2D eigenvalue weighted by Gasteiger charge is 2.30. The number of carbonyl (C=O) groups is 1. The van der Waals surface area contributed by atoms with Gasteiger partial charge in [0.2, 0.25) is 0 Å². The molecule has 4 N–H and O–H groups in total. The van der Waals surface area contributed by atoms with E-state index in [9.17, 15) is 18.0 Å². The third kappa shape index (κ3) is 6.37. The van der Waals surface area contributed by atoms with E-state index in [2.05, 4.69) is 42.8 Å². The van der Waals surface area contributed by atoms with Crippen molar-refractivity contribution < 1.29 is 18.0 Å². The van der Waals surface area contributed by atoms with E-state index >= 15 is 0 Å². The molecule has 5 rings (SSSR count). The Kier molecular flexibility index (Phi) is 7.95. The zero-order valence-corrected chi connectivity index (χ0v) is 22.4. The minimum atomic E-state index is -4.44. The number of rotatable bonds is 8. The van der Waals surface area contributed by atoms with Crippen molar-refractivity contribution in [2.75, 3.05) is 62.3 Å². The van der Waals surface area contributed by atoms with Gasteiger partial charge in [0.15, 0.2) is 0 Å². The van der Waals surface area contributed by atoms with Crippen molar-refractivity contribution in [1.82, 2.24) is 19.8 Å². The number of pyridine rings is 1. The molecule has 0 radical (unpaired) electrons. The third-order valence-corrected chi connectivity index (χ3v) is 7.12. The molecule has 0 saturated carbocycles. The molecular weight excluding hydrogens is 519 g/mol. The number of hydrogen-bond acceptors (Lipinski definition) is 6. The largest absolute Gasteiger partial charge is 0.416 e. The number of amides is 1. The molecule has 0 bridgehead atoms. The van der Waals surface area contributed by atoms with Crippen molar-refractivity contribution in [2.24, 2.45) is 0 Å². The first-order valence-electron chi connectivity index (χ1n) is 13.1. The van der Waals surface area contributed by atoms with Gasteiger partial charge in [0, 0.05) is 74.1 Å². The van der Waals surface area contributed by atoms with Crippen LogP contribution in [0.3, 0.4) is 0 Å². The van der Waals surface area contributed by atoms with Crippen LogP contribution in [-0.4, -0.2) is 72.0 Å². The highest BCUT2D eigenvalue weighted by molar-refractivity contribution is 6.12. The van der Waals surface area contributed by atoms with Gasteiger partial charge in [-0.25, -0.2) is 4.98 Å². The maximum Gasteiger partial charge on any atom is 0.416 e. The zero-order chi connectivity index (χ0) is 28.3. The van der Waals surface area contributed by atoms with E-state index in [-0.39, 0.29) is 5.91 Å². The molecule has 40 heavy (non-hydrogen) atoms. The van der Waals surface area contributed by atoms with Gasteiger partial charge in [-0.2, -0.15) is 13.2 Å². The SMILES string of the molecule is Cc1ccc(Nc2cccc(C(F)(F)F)c2)cc1NC(=O)c1cnc2[nH]ccc2c1NCCN1CCN(C)CC1. The van der Waals surface area contributed by atoms with Gasteiger partial charge in [0.1, 0.15) is 5.65 Å². The fourth-order valence-corrected chi connectivity index (χ4v) is 4.75. The average molecular weight is 552 g/mol. The Labute approximate surface area is 230 Å². The number of halogens is 3. The van der Waals surface area contributed by atoms with Gasteiger partial charge in [-0.15, -0.1) is 0 Å². The number of piperazine rings is 1. The molecule has 0 aliphatic carbocycles. The summed E-state index contributed by atoms with van der Waals surface area (Å²) in [6.07, 6.45) is -1.10. The number of alkyl halides is 3. The van der Waals surface area contributed by atoms with Gasteiger partial charge < -0.3 is 25.8 Å². The molecule has 11 heteroatoms. The summed E-state index contributed by atoms with van der Waals surface area (Å²) in [5.41, 5.74) is 3.24. The molecular formula is C29H32F3N7O. The average Bonchev–Trinajstić information content (AvgIpc) is 3.41. The van der Waals surface area contributed by atoms with Crippen LogP contribution in [-0.2, 0) is 6.18 Å². The van der Waals surface area contributed by atoms with Gasteiger partial charge in [0.05, 0.1) is 16.8 Å². The van der Waals surface area contributed by atoms with E-state index in [0.29, 0.717) is 40.5 Å². The molecule has 210 valence electrons. The highest BCUT2D eigenvalue weighted by Crippen LogP contribution is 2.32. The van der Waals surface area contributed by atoms with E-state index in [1.54, 1.807) is 36.7 Å². The van der Waals surface area contributed by atoms with Gasteiger partial charge >= 0.3 is 6.18 Å². The van der Waals surface area contributed by atoms with Crippen molar-refractivity contribution >= 4 is 39.7 Å². The molecule has 2 aromatic carbocycles. The third-order valence-electron chi connectivity index (χ3n) is 7.12. The Bertz CT molecular complexity index is 1490. The minimum absolute atomic E-state index is 0.296. The molecule has 1 aliphatic rings. The summed E-state index contributed by atoms with van der Waals surface area (Å²) < 4.78 is 39.4. The summed E-state index contributed by atoms with van der Waals surface area (Å²) in [5.74, 6) is -0.336. The number of aromatic nitrogens is 2. The van der Waals surface area contributed by atoms with Crippen LogP contribution in [0, 0.1) is 6.92 Å². The molecule has 8 nitrogen and oxygen atoms in total. The van der Waals surface area contributed by atoms with Crippen LogP contribution in [0.1, 0.15) is 21.5 Å². The van der Waals surface area contributed by atoms with E-state index in [1.807, 2.05) is 13.0 Å². The minimum Gasteiger partial charge on any atom is -0.382 e. The summed E-state index contributed by atoms with van der Waals surface area (Å²) in [5, 5.41) is 10.3. The Morgan fingerprint density at radius 1 is 1.05 bits per heavy atom. The second kappa shape index (κ2) is 11.6. The molecule has 4 aromatic rings. The van der Waals surface area contributed by atoms with Crippen molar-refractivity contribution in [3.05, 3.63) is 77.6 Å². The summed E-state index contributed by atoms with van der Waals surface area (Å²) >= 11 is 0. The molecule has 0 atom stereocenters. The topological polar surface area (TPSA) is 88.3 Å². The molecule has 3 heterocycles. The van der Waals surface area contributed by atoms with Crippen LogP contribution in [0.4, 0.5) is 35.9 Å². The molecule has 1 fully saturated rings. The maximum atomic E-state index is 13.5. The smallest absolute Gasteiger partial charge is 0.382 e. The van der Waals surface area contributed by atoms with Gasteiger partial charge in [-0.05, 0) is 55.9 Å². The number of aryl methyl sites for hydroxylation is 1. The number of benzene rings is 2. The Hall–Kier alpha value is -4.09. The number of fused-ring (bicyclic) bond motifs is 1. The lowest BCUT2D eigenvalue weighted by molar-refractivity contribution is -0.137. The normalized spacial score (nSPS) is 14.8. The lowest BCUT2D eigenvalue weighted by Gasteiger charge is -2.32. The van der Waals surface area contributed by atoms with Gasteiger partial charge in [-0.3, -0.25) is 9.69 Å². The number of H-pyrrole nitrogens is 1. The van der Waals surface area contributed by atoms with Crippen molar-refractivity contribution in [3.63, 3.8) is 0 Å². The van der Waals surface area contributed by atoms with Crippen molar-refractivity contribution in [1.29, 1.82) is 0 Å². The highest BCUT2D eigenvalue weighted by atomic mass is 19.4. The summed E-state index contributed by atoms with van der Waals surface area (Å²) in [6, 6.07) is 12.1. The number of nitrogens with zero attached hydrogens (tertiary/aromatic N) is 3. The van der Waals surface area contributed by atoms with Crippen LogP contribution >= 0.6 is 0 Å². The molecule has 1 saturated heterocycles. The first-order chi connectivity index (χ1) is 19.2. The number of likely N-dealkylation sites (N-methyl/N-ethyl adjacent to an activating group) is 1. The van der Waals surface area contributed by atoms with Crippen LogP contribution in [0.2, 0.25) is 0 Å². The fraction of sp³-hybridized carbons (Fsp3) is 0.310. The quantitative estimate of drug-likeness (QED) is 0.230. The lowest BCUT2D eigenvalue weighted by atomic mass is 10.1. The van der Waals surface area contributed by atoms with E-state index in [1.165, 1.54) is 6.07 Å². The summed E-state index contributed by atoms with van der Waals surface area (Å²) in [6.45, 7) is 7.46. The second-order valence-electron chi connectivity index (χ2n) is 10.0. The predicted octanol–water partition coefficient (Wildman–Crippen LogP) is 5.55. The van der Waals surface area contributed by atoms with E-state index in [4.69, 9.17) is 0 Å². The number of nitrogens with one attached hydrogen (secondary N) is 4. The van der Waals surface area contributed by atoms with Crippen LogP contribution in [0.25, 0.3) is 11.0 Å². The Morgan fingerprint density at radius 2 is 1.82 bits per heavy atom.